The second-order valence-corrected chi connectivity index (χ2v) is 1.72. The number of amides is 1. The van der Waals surface area contributed by atoms with Crippen molar-refractivity contribution in [3.8, 4) is 0 Å². The van der Waals surface area contributed by atoms with E-state index in [0.717, 1.165) is 0 Å². The highest BCUT2D eigenvalue weighted by Crippen LogP contribution is 1.77. The van der Waals surface area contributed by atoms with Crippen molar-refractivity contribution in [2.24, 2.45) is 0 Å². The molecule has 0 aliphatic rings. The lowest BCUT2D eigenvalue weighted by atomic mass is 10.4. The van der Waals surface area contributed by atoms with E-state index < -0.39 is 18.9 Å². The highest BCUT2D eigenvalue weighted by molar-refractivity contribution is 6.27. The van der Waals surface area contributed by atoms with Crippen LogP contribution in [0.15, 0.2) is 0 Å². The Labute approximate surface area is 63.2 Å². The van der Waals surface area contributed by atoms with Gasteiger partial charge in [0.25, 0.3) is 0 Å². The van der Waals surface area contributed by atoms with E-state index in [-0.39, 0.29) is 12.4 Å². The lowest BCUT2D eigenvalue weighted by Gasteiger charge is -2.03. The molecule has 1 unspecified atom stereocenters. The van der Waals surface area contributed by atoms with E-state index in [1.54, 1.807) is 0 Å². The first-order chi connectivity index (χ1) is 5.38. The molecule has 0 radical (unpaired) electrons. The molecular formula is C5H10ClNO2. The van der Waals surface area contributed by atoms with Crippen LogP contribution in [0.25, 0.3) is 0 Å². The molecule has 2 N–H and O–H groups in total. The topological polar surface area (TPSA) is 49.3 Å². The fraction of sp³-hybridized carbons (Fsp3) is 0.800. The summed E-state index contributed by atoms with van der Waals surface area (Å²) in [7, 11) is 0. The summed E-state index contributed by atoms with van der Waals surface area (Å²) < 4.78 is 20.2. The van der Waals surface area contributed by atoms with Crippen LogP contribution in [-0.2, 0) is 4.79 Å². The van der Waals surface area contributed by atoms with E-state index in [4.69, 9.17) is 20.8 Å². The second kappa shape index (κ2) is 4.58. The average Bonchev–Trinajstić information content (AvgIpc) is 1.97. The summed E-state index contributed by atoms with van der Waals surface area (Å²) in [6.07, 6.45) is -1.54. The first-order valence-corrected chi connectivity index (χ1v) is 2.92. The van der Waals surface area contributed by atoms with Crippen molar-refractivity contribution in [3.05, 3.63) is 0 Å². The maximum atomic E-state index is 10.5. The molecule has 0 saturated heterocycles. The van der Waals surface area contributed by atoms with Crippen molar-refractivity contribution >= 4 is 17.5 Å². The van der Waals surface area contributed by atoms with Crippen LogP contribution < -0.4 is 5.32 Å². The Bertz CT molecular complexity index is 161. The third-order valence-electron chi connectivity index (χ3n) is 0.614. The maximum Gasteiger partial charge on any atom is 0.235 e. The largest absolute Gasteiger partial charge is 0.392 e. The summed E-state index contributed by atoms with van der Waals surface area (Å²) in [5.41, 5.74) is 0. The van der Waals surface area contributed by atoms with Crippen LogP contribution in [-0.4, -0.2) is 29.5 Å². The SMILES string of the molecule is [2H]C([2H])([2H])C(O)CNC(=O)CCl. The Morgan fingerprint density at radius 2 is 2.78 bits per heavy atom. The summed E-state index contributed by atoms with van der Waals surface area (Å²) in [5, 5.41) is 11.1. The minimum atomic E-state index is -2.46. The Hall–Kier alpha value is -0.280. The van der Waals surface area contributed by atoms with Gasteiger partial charge in [-0.05, 0) is 6.85 Å². The van der Waals surface area contributed by atoms with Crippen LogP contribution in [0.3, 0.4) is 0 Å². The van der Waals surface area contributed by atoms with Crippen LogP contribution >= 0.6 is 11.6 Å². The second-order valence-electron chi connectivity index (χ2n) is 1.45. The van der Waals surface area contributed by atoms with E-state index in [0.29, 0.717) is 0 Å². The molecule has 0 aliphatic heterocycles. The normalized spacial score (nSPS) is 19.1. The predicted octanol–water partition coefficient (Wildman–Crippen LogP) is -0.278. The van der Waals surface area contributed by atoms with Crippen molar-refractivity contribution in [2.45, 2.75) is 13.0 Å². The van der Waals surface area contributed by atoms with Gasteiger partial charge in [-0.25, -0.2) is 0 Å². The fourth-order valence-electron chi connectivity index (χ4n) is 0.258. The number of aliphatic hydroxyl groups is 1. The first-order valence-electron chi connectivity index (χ1n) is 3.88. The molecule has 0 rings (SSSR count). The van der Waals surface area contributed by atoms with Gasteiger partial charge in [-0.2, -0.15) is 0 Å². The van der Waals surface area contributed by atoms with Crippen molar-refractivity contribution in [1.29, 1.82) is 0 Å². The highest BCUT2D eigenvalue weighted by atomic mass is 35.5. The maximum absolute atomic E-state index is 10.5. The number of halogens is 1. The third kappa shape index (κ3) is 5.59. The Morgan fingerprint density at radius 1 is 2.11 bits per heavy atom. The van der Waals surface area contributed by atoms with Crippen LogP contribution in [0.5, 0.6) is 0 Å². The van der Waals surface area contributed by atoms with Crippen LogP contribution in [0.2, 0.25) is 0 Å². The van der Waals surface area contributed by atoms with Gasteiger partial charge < -0.3 is 10.4 Å². The lowest BCUT2D eigenvalue weighted by Crippen LogP contribution is -2.31. The zero-order chi connectivity index (χ0) is 9.78. The summed E-state index contributed by atoms with van der Waals surface area (Å²) in [6.45, 7) is -2.76. The molecule has 9 heavy (non-hydrogen) atoms. The third-order valence-corrected chi connectivity index (χ3v) is 0.857. The van der Waals surface area contributed by atoms with Crippen molar-refractivity contribution in [3.63, 3.8) is 0 Å². The molecule has 0 aromatic rings. The highest BCUT2D eigenvalue weighted by Gasteiger charge is 1.98. The quantitative estimate of drug-likeness (QED) is 0.550. The van der Waals surface area contributed by atoms with E-state index in [1.165, 1.54) is 0 Å². The van der Waals surface area contributed by atoms with Crippen LogP contribution in [0.4, 0.5) is 0 Å². The van der Waals surface area contributed by atoms with E-state index in [1.807, 2.05) is 0 Å². The number of aliphatic hydroxyl groups excluding tert-OH is 1. The number of hydrogen-bond donors (Lipinski definition) is 2. The van der Waals surface area contributed by atoms with Gasteiger partial charge in [0.05, 0.1) is 6.10 Å². The molecule has 0 aromatic heterocycles. The number of hydrogen-bond acceptors (Lipinski definition) is 2. The van der Waals surface area contributed by atoms with E-state index >= 15 is 0 Å². The summed E-state index contributed by atoms with van der Waals surface area (Å²) in [6, 6.07) is 0. The van der Waals surface area contributed by atoms with Crippen LogP contribution in [0.1, 0.15) is 11.0 Å². The summed E-state index contributed by atoms with van der Waals surface area (Å²) in [5.74, 6) is -0.742. The number of carbonyl (C=O) groups excluding carboxylic acids is 1. The van der Waals surface area contributed by atoms with Gasteiger partial charge in [0.15, 0.2) is 0 Å². The molecule has 1 atom stereocenters. The number of nitrogens with one attached hydrogen (secondary N) is 1. The summed E-state index contributed by atoms with van der Waals surface area (Å²) >= 11 is 5.12. The van der Waals surface area contributed by atoms with Crippen molar-refractivity contribution in [2.75, 3.05) is 12.4 Å². The Kier molecular flexibility index (Phi) is 2.30. The minimum absolute atomic E-state index is 0.242. The standard InChI is InChI=1S/C5H10ClNO2/c1-4(8)3-7-5(9)2-6/h4,8H,2-3H2,1H3,(H,7,9)/i1D3. The molecule has 0 heterocycles. The monoisotopic (exact) mass is 154 g/mol. The van der Waals surface area contributed by atoms with Gasteiger partial charge in [-0.15, -0.1) is 11.6 Å². The molecule has 54 valence electrons. The van der Waals surface area contributed by atoms with E-state index in [9.17, 15) is 4.79 Å². The molecule has 3 nitrogen and oxygen atoms in total. The van der Waals surface area contributed by atoms with Gasteiger partial charge in [0, 0.05) is 10.7 Å². The van der Waals surface area contributed by atoms with Gasteiger partial charge in [0.2, 0.25) is 5.91 Å². The Balaban J connectivity index is 3.72. The summed E-state index contributed by atoms with van der Waals surface area (Å²) in [4.78, 5) is 10.5. The Morgan fingerprint density at radius 3 is 3.22 bits per heavy atom. The zero-order valence-electron chi connectivity index (χ0n) is 7.72. The van der Waals surface area contributed by atoms with Crippen molar-refractivity contribution < 1.29 is 14.0 Å². The van der Waals surface area contributed by atoms with Gasteiger partial charge in [0.1, 0.15) is 5.88 Å². The zero-order valence-corrected chi connectivity index (χ0v) is 5.48. The smallest absolute Gasteiger partial charge is 0.235 e. The molecule has 0 aliphatic carbocycles. The predicted molar refractivity (Wildman–Crippen MR) is 35.4 cm³/mol. The molecule has 0 aromatic carbocycles. The minimum Gasteiger partial charge on any atom is -0.392 e. The first kappa shape index (κ1) is 4.52. The average molecular weight is 155 g/mol. The molecule has 0 bridgehead atoms. The number of carbonyl (C=O) groups is 1. The van der Waals surface area contributed by atoms with Gasteiger partial charge >= 0.3 is 0 Å². The molecule has 0 spiro atoms. The number of rotatable bonds is 3. The molecule has 4 heteroatoms. The van der Waals surface area contributed by atoms with Crippen LogP contribution in [0, 0.1) is 0 Å². The fourth-order valence-corrected chi connectivity index (χ4v) is 0.352. The van der Waals surface area contributed by atoms with Gasteiger partial charge in [-0.1, -0.05) is 0 Å². The molecule has 0 saturated carbocycles. The molecule has 0 fully saturated rings. The van der Waals surface area contributed by atoms with Gasteiger partial charge in [-0.3, -0.25) is 4.79 Å². The number of alkyl halides is 1. The van der Waals surface area contributed by atoms with Crippen molar-refractivity contribution in [1.82, 2.24) is 5.32 Å². The molecule has 1 amide bonds. The van der Waals surface area contributed by atoms with E-state index in [2.05, 4.69) is 5.32 Å². The lowest BCUT2D eigenvalue weighted by molar-refractivity contribution is -0.119. The molecular weight excluding hydrogens is 142 g/mol.